The number of ether oxygens (including phenoxy) is 1. The maximum atomic E-state index is 13.0. The molecule has 2 saturated carbocycles. The summed E-state index contributed by atoms with van der Waals surface area (Å²) in [6.45, 7) is 7.34. The Balaban J connectivity index is 1.68. The van der Waals surface area contributed by atoms with Gasteiger partial charge in [0.1, 0.15) is 0 Å². The molecule has 4 atom stereocenters. The molecule has 2 aliphatic carbocycles. The number of carbonyl (C=O) groups excluding carboxylic acids is 1. The van der Waals surface area contributed by atoms with Crippen molar-refractivity contribution in [2.24, 2.45) is 16.7 Å². The number of benzene rings is 1. The van der Waals surface area contributed by atoms with Crippen LogP contribution in [0.5, 0.6) is 0 Å². The SMILES string of the molecule is Cc1ccccc1NC(=O)[C@]12C[C@H]3CC[C@]1(C)[C@]3(C)CO2. The summed E-state index contributed by atoms with van der Waals surface area (Å²) in [5.74, 6) is 0.698. The summed E-state index contributed by atoms with van der Waals surface area (Å²) >= 11 is 0. The van der Waals surface area contributed by atoms with Crippen molar-refractivity contribution in [1.82, 2.24) is 0 Å². The Bertz CT molecular complexity index is 627. The van der Waals surface area contributed by atoms with Gasteiger partial charge in [0.15, 0.2) is 5.60 Å². The molecule has 0 unspecified atom stereocenters. The number of amides is 1. The summed E-state index contributed by atoms with van der Waals surface area (Å²) < 4.78 is 6.14. The molecule has 0 radical (unpaired) electrons. The van der Waals surface area contributed by atoms with Crippen molar-refractivity contribution in [1.29, 1.82) is 0 Å². The van der Waals surface area contributed by atoms with E-state index < -0.39 is 5.60 Å². The largest absolute Gasteiger partial charge is 0.364 e. The smallest absolute Gasteiger partial charge is 0.257 e. The summed E-state index contributed by atoms with van der Waals surface area (Å²) in [5, 5.41) is 3.13. The molecule has 21 heavy (non-hydrogen) atoms. The summed E-state index contributed by atoms with van der Waals surface area (Å²) in [5.41, 5.74) is 1.54. The lowest BCUT2D eigenvalue weighted by Crippen LogP contribution is -2.52. The van der Waals surface area contributed by atoms with Gasteiger partial charge in [0.25, 0.3) is 5.91 Å². The van der Waals surface area contributed by atoms with Crippen LogP contribution in [0.15, 0.2) is 24.3 Å². The van der Waals surface area contributed by atoms with E-state index in [0.717, 1.165) is 30.7 Å². The standard InChI is InChI=1S/C18H23NO2/c1-12-6-4-5-7-14(12)19-15(20)18-10-13-8-9-17(18,3)16(13,2)11-21-18/h4-7,13H,8-11H2,1-3H3,(H,19,20)/t13-,16-,17-,18-/m1/s1. The highest BCUT2D eigenvalue weighted by molar-refractivity contribution is 5.99. The van der Waals surface area contributed by atoms with Gasteiger partial charge in [0.05, 0.1) is 6.61 Å². The van der Waals surface area contributed by atoms with E-state index in [1.165, 1.54) is 6.42 Å². The topological polar surface area (TPSA) is 38.3 Å². The first kappa shape index (κ1) is 13.3. The number of hydrogen-bond donors (Lipinski definition) is 1. The number of rotatable bonds is 2. The minimum absolute atomic E-state index is 0.0164. The maximum Gasteiger partial charge on any atom is 0.257 e. The van der Waals surface area contributed by atoms with Crippen LogP contribution in [-0.2, 0) is 9.53 Å². The molecule has 3 heteroatoms. The van der Waals surface area contributed by atoms with Gasteiger partial charge in [-0.25, -0.2) is 0 Å². The highest BCUT2D eigenvalue weighted by Crippen LogP contribution is 2.75. The number of carbonyl (C=O) groups is 1. The average Bonchev–Trinajstić information content (AvgIpc) is 2.93. The van der Waals surface area contributed by atoms with Crippen molar-refractivity contribution in [3.63, 3.8) is 0 Å². The van der Waals surface area contributed by atoms with Gasteiger partial charge in [-0.15, -0.1) is 0 Å². The molecule has 4 bridgehead atoms. The number of para-hydroxylation sites is 1. The highest BCUT2D eigenvalue weighted by atomic mass is 16.5. The summed E-state index contributed by atoms with van der Waals surface area (Å²) in [7, 11) is 0. The van der Waals surface area contributed by atoms with E-state index in [2.05, 4.69) is 19.2 Å². The first-order chi connectivity index (χ1) is 9.93. The molecule has 1 saturated heterocycles. The second-order valence-electron chi connectivity index (χ2n) is 7.57. The zero-order valence-electron chi connectivity index (χ0n) is 13.0. The van der Waals surface area contributed by atoms with E-state index in [4.69, 9.17) is 4.74 Å². The molecule has 0 spiro atoms. The zero-order chi connectivity index (χ0) is 14.9. The normalized spacial score (nSPS) is 43.3. The molecule has 1 aromatic carbocycles. The van der Waals surface area contributed by atoms with Gasteiger partial charge in [-0.05, 0) is 43.7 Å². The summed E-state index contributed by atoms with van der Waals surface area (Å²) in [6.07, 6.45) is 3.24. The monoisotopic (exact) mass is 285 g/mol. The molecule has 3 fully saturated rings. The zero-order valence-corrected chi connectivity index (χ0v) is 13.0. The van der Waals surface area contributed by atoms with Gasteiger partial charge in [0, 0.05) is 16.5 Å². The van der Waals surface area contributed by atoms with Crippen molar-refractivity contribution in [2.75, 3.05) is 11.9 Å². The Morgan fingerprint density at radius 2 is 2.10 bits per heavy atom. The van der Waals surface area contributed by atoms with E-state index in [1.807, 2.05) is 31.2 Å². The molecule has 1 heterocycles. The summed E-state index contributed by atoms with van der Waals surface area (Å²) in [6, 6.07) is 7.94. The lowest BCUT2D eigenvalue weighted by molar-refractivity contribution is -0.149. The minimum Gasteiger partial charge on any atom is -0.364 e. The lowest BCUT2D eigenvalue weighted by Gasteiger charge is -2.40. The molecular weight excluding hydrogens is 262 g/mol. The van der Waals surface area contributed by atoms with Crippen LogP contribution in [-0.4, -0.2) is 18.1 Å². The second-order valence-corrected chi connectivity index (χ2v) is 7.57. The highest BCUT2D eigenvalue weighted by Gasteiger charge is 2.78. The van der Waals surface area contributed by atoms with E-state index >= 15 is 0 Å². The van der Waals surface area contributed by atoms with Gasteiger partial charge in [-0.2, -0.15) is 0 Å². The number of hydrogen-bond acceptors (Lipinski definition) is 2. The molecule has 1 amide bonds. The van der Waals surface area contributed by atoms with E-state index in [1.54, 1.807) is 0 Å². The molecular formula is C18H23NO2. The van der Waals surface area contributed by atoms with Crippen LogP contribution >= 0.6 is 0 Å². The molecule has 3 aliphatic rings. The predicted octanol–water partition coefficient (Wildman–Crippen LogP) is 3.53. The van der Waals surface area contributed by atoms with Crippen LogP contribution in [0.4, 0.5) is 5.69 Å². The van der Waals surface area contributed by atoms with Crippen LogP contribution in [0, 0.1) is 23.7 Å². The third-order valence-electron chi connectivity index (χ3n) is 6.96. The van der Waals surface area contributed by atoms with Gasteiger partial charge in [-0.1, -0.05) is 32.0 Å². The minimum atomic E-state index is -0.618. The first-order valence-electron chi connectivity index (χ1n) is 7.94. The molecule has 3 nitrogen and oxygen atoms in total. The summed E-state index contributed by atoms with van der Waals surface area (Å²) in [4.78, 5) is 13.0. The van der Waals surface area contributed by atoms with Crippen LogP contribution < -0.4 is 5.32 Å². The van der Waals surface area contributed by atoms with Crippen LogP contribution in [0.25, 0.3) is 0 Å². The van der Waals surface area contributed by atoms with E-state index in [-0.39, 0.29) is 16.7 Å². The van der Waals surface area contributed by atoms with E-state index in [9.17, 15) is 4.79 Å². The maximum absolute atomic E-state index is 13.0. The fourth-order valence-electron chi connectivity index (χ4n) is 5.19. The molecule has 0 aromatic heterocycles. The Hall–Kier alpha value is -1.35. The molecule has 1 aromatic rings. The number of anilines is 1. The quantitative estimate of drug-likeness (QED) is 0.902. The van der Waals surface area contributed by atoms with Crippen molar-refractivity contribution < 1.29 is 9.53 Å². The second kappa shape index (κ2) is 3.89. The fraction of sp³-hybridized carbons (Fsp3) is 0.611. The first-order valence-corrected chi connectivity index (χ1v) is 7.94. The molecule has 112 valence electrons. The van der Waals surface area contributed by atoms with Gasteiger partial charge in [0.2, 0.25) is 0 Å². The lowest BCUT2D eigenvalue weighted by atomic mass is 9.66. The van der Waals surface area contributed by atoms with Crippen LogP contribution in [0.3, 0.4) is 0 Å². The Labute approximate surface area is 126 Å². The van der Waals surface area contributed by atoms with Gasteiger partial charge < -0.3 is 10.1 Å². The molecule has 1 N–H and O–H groups in total. The van der Waals surface area contributed by atoms with Crippen molar-refractivity contribution in [2.45, 2.75) is 45.6 Å². The van der Waals surface area contributed by atoms with Crippen molar-refractivity contribution in [3.05, 3.63) is 29.8 Å². The van der Waals surface area contributed by atoms with E-state index in [0.29, 0.717) is 5.92 Å². The third-order valence-corrected chi connectivity index (χ3v) is 6.96. The number of nitrogens with one attached hydrogen (secondary N) is 1. The van der Waals surface area contributed by atoms with Crippen LogP contribution in [0.1, 0.15) is 38.7 Å². The number of aryl methyl sites for hydroxylation is 1. The van der Waals surface area contributed by atoms with Crippen molar-refractivity contribution in [3.8, 4) is 0 Å². The average molecular weight is 285 g/mol. The van der Waals surface area contributed by atoms with Gasteiger partial charge >= 0.3 is 0 Å². The molecule has 1 aliphatic heterocycles. The van der Waals surface area contributed by atoms with Gasteiger partial charge in [-0.3, -0.25) is 4.79 Å². The predicted molar refractivity (Wildman–Crippen MR) is 82.0 cm³/mol. The third kappa shape index (κ3) is 1.36. The molecule has 4 rings (SSSR count). The fourth-order valence-corrected chi connectivity index (χ4v) is 5.19. The Kier molecular flexibility index (Phi) is 2.47. The van der Waals surface area contributed by atoms with Crippen LogP contribution in [0.2, 0.25) is 0 Å². The van der Waals surface area contributed by atoms with Crippen molar-refractivity contribution >= 4 is 11.6 Å². The Morgan fingerprint density at radius 3 is 2.76 bits per heavy atom. The Morgan fingerprint density at radius 1 is 1.33 bits per heavy atom.